The summed E-state index contributed by atoms with van der Waals surface area (Å²) in [4.78, 5) is 4.93. The van der Waals surface area contributed by atoms with Gasteiger partial charge in [0.05, 0.1) is 30.9 Å². The summed E-state index contributed by atoms with van der Waals surface area (Å²) in [5.41, 5.74) is 8.08. The molecule has 1 aliphatic heterocycles. The van der Waals surface area contributed by atoms with Crippen LogP contribution in [0.25, 0.3) is 17.1 Å². The van der Waals surface area contributed by atoms with Gasteiger partial charge in [0.2, 0.25) is 5.82 Å². The number of benzene rings is 1. The number of hydrogen-bond donors (Lipinski definition) is 0. The van der Waals surface area contributed by atoms with E-state index in [1.54, 1.807) is 0 Å². The van der Waals surface area contributed by atoms with Crippen molar-refractivity contribution in [1.82, 2.24) is 9.55 Å². The lowest BCUT2D eigenvalue weighted by atomic mass is 10.0. The second-order valence-electron chi connectivity index (χ2n) is 6.09. The minimum Gasteiger partial charge on any atom is -0.236 e. The Morgan fingerprint density at radius 2 is 1.95 bits per heavy atom. The van der Waals surface area contributed by atoms with Crippen LogP contribution in [-0.2, 0) is 19.9 Å². The molecule has 0 saturated carbocycles. The second kappa shape index (κ2) is 3.61. The zero-order chi connectivity index (χ0) is 14.1. The molecule has 0 N–H and O–H groups in total. The fourth-order valence-corrected chi connectivity index (χ4v) is 3.91. The van der Waals surface area contributed by atoms with E-state index in [0.717, 1.165) is 12.8 Å². The van der Waals surface area contributed by atoms with Gasteiger partial charge in [-0.3, -0.25) is 0 Å². The molecule has 5 rings (SSSR count). The van der Waals surface area contributed by atoms with Crippen LogP contribution in [0.3, 0.4) is 0 Å². The van der Waals surface area contributed by atoms with Crippen LogP contribution in [0.4, 0.5) is 0 Å². The number of aryl methyl sites for hydroxylation is 2. The molecule has 1 aliphatic carbocycles. The number of pyridine rings is 1. The minimum absolute atomic E-state index is 0.943. The van der Waals surface area contributed by atoms with Crippen LogP contribution >= 0.6 is 0 Å². The lowest BCUT2D eigenvalue weighted by molar-refractivity contribution is -0.665. The molecule has 2 aliphatic rings. The Morgan fingerprint density at radius 1 is 1.10 bits per heavy atom. The molecule has 0 radical (unpaired) electrons. The van der Waals surface area contributed by atoms with Crippen molar-refractivity contribution in [2.45, 2.75) is 19.8 Å². The highest BCUT2D eigenvalue weighted by Gasteiger charge is 2.39. The van der Waals surface area contributed by atoms with Crippen molar-refractivity contribution in [2.75, 3.05) is 0 Å². The molecule has 1 aromatic carbocycles. The SMILES string of the molecule is Cc1cccc2c1-c1c(nc3n1-c1c(ccc[n+]1C)C3)C2. The van der Waals surface area contributed by atoms with Gasteiger partial charge in [0.1, 0.15) is 0 Å². The van der Waals surface area contributed by atoms with Gasteiger partial charge in [0.25, 0.3) is 5.82 Å². The zero-order valence-electron chi connectivity index (χ0n) is 12.2. The average Bonchev–Trinajstić information content (AvgIpc) is 3.05. The molecule has 3 nitrogen and oxygen atoms in total. The van der Waals surface area contributed by atoms with Crippen molar-refractivity contribution >= 4 is 0 Å². The monoisotopic (exact) mass is 274 g/mol. The summed E-state index contributed by atoms with van der Waals surface area (Å²) in [6.07, 6.45) is 4.03. The average molecular weight is 274 g/mol. The van der Waals surface area contributed by atoms with Gasteiger partial charge < -0.3 is 0 Å². The number of rotatable bonds is 0. The van der Waals surface area contributed by atoms with E-state index in [2.05, 4.69) is 59.6 Å². The highest BCUT2D eigenvalue weighted by molar-refractivity contribution is 5.78. The van der Waals surface area contributed by atoms with Crippen molar-refractivity contribution in [1.29, 1.82) is 0 Å². The molecule has 0 unspecified atom stereocenters. The highest BCUT2D eigenvalue weighted by Crippen LogP contribution is 2.42. The van der Waals surface area contributed by atoms with Crippen LogP contribution in [-0.4, -0.2) is 9.55 Å². The molecule has 2 aromatic heterocycles. The van der Waals surface area contributed by atoms with Gasteiger partial charge >= 0.3 is 0 Å². The maximum Gasteiger partial charge on any atom is 0.291 e. The van der Waals surface area contributed by atoms with Crippen molar-refractivity contribution in [3.05, 3.63) is 64.7 Å². The third-order valence-electron chi connectivity index (χ3n) is 4.76. The molecule has 3 aromatic rings. The molecule has 3 heteroatoms. The largest absolute Gasteiger partial charge is 0.291 e. The standard InChI is InChI=1S/C18H16N3/c1-11-5-3-6-12-9-14-17(16(11)12)21-15(19-14)10-13-7-4-8-20(2)18(13)21/h3-8H,9-10H2,1-2H3/q+1. The van der Waals surface area contributed by atoms with Crippen LogP contribution in [0.5, 0.6) is 0 Å². The number of hydrogen-bond acceptors (Lipinski definition) is 1. The minimum atomic E-state index is 0.943. The third kappa shape index (κ3) is 1.29. The van der Waals surface area contributed by atoms with Crippen molar-refractivity contribution < 1.29 is 4.57 Å². The first kappa shape index (κ1) is 11.3. The van der Waals surface area contributed by atoms with E-state index >= 15 is 0 Å². The second-order valence-corrected chi connectivity index (χ2v) is 6.09. The molecule has 0 bridgehead atoms. The van der Waals surface area contributed by atoms with Crippen LogP contribution < -0.4 is 4.57 Å². The molecular formula is C18H16N3+. The number of imidazole rings is 1. The lowest BCUT2D eigenvalue weighted by Crippen LogP contribution is -2.33. The van der Waals surface area contributed by atoms with E-state index in [0.29, 0.717) is 0 Å². The van der Waals surface area contributed by atoms with Crippen LogP contribution in [0, 0.1) is 6.92 Å². The molecule has 21 heavy (non-hydrogen) atoms. The Bertz CT molecular complexity index is 844. The Hall–Kier alpha value is -2.42. The molecular weight excluding hydrogens is 258 g/mol. The summed E-state index contributed by atoms with van der Waals surface area (Å²) >= 11 is 0. The van der Waals surface area contributed by atoms with E-state index in [1.807, 2.05) is 0 Å². The van der Waals surface area contributed by atoms with Gasteiger partial charge in [-0.15, -0.1) is 0 Å². The predicted octanol–water partition coefficient (Wildman–Crippen LogP) is 2.48. The highest BCUT2D eigenvalue weighted by atomic mass is 15.2. The predicted molar refractivity (Wildman–Crippen MR) is 80.5 cm³/mol. The quantitative estimate of drug-likeness (QED) is 0.398. The summed E-state index contributed by atoms with van der Waals surface area (Å²) in [5, 5.41) is 0. The Morgan fingerprint density at radius 3 is 2.86 bits per heavy atom. The maximum atomic E-state index is 4.93. The molecule has 0 spiro atoms. The fraction of sp³-hybridized carbons (Fsp3) is 0.222. The van der Waals surface area contributed by atoms with Crippen LogP contribution in [0.2, 0.25) is 0 Å². The summed E-state index contributed by atoms with van der Waals surface area (Å²) in [5.74, 6) is 2.46. The number of nitrogens with zero attached hydrogens (tertiary/aromatic N) is 3. The Labute approximate surface area is 123 Å². The molecule has 0 saturated heterocycles. The first-order valence-corrected chi connectivity index (χ1v) is 7.41. The smallest absolute Gasteiger partial charge is 0.236 e. The van der Waals surface area contributed by atoms with Gasteiger partial charge in [0.15, 0.2) is 5.69 Å². The normalized spacial score (nSPS) is 13.8. The third-order valence-corrected chi connectivity index (χ3v) is 4.76. The summed E-state index contributed by atoms with van der Waals surface area (Å²) in [7, 11) is 2.12. The number of aromatic nitrogens is 3. The molecule has 0 fully saturated rings. The Balaban J connectivity index is 1.89. The van der Waals surface area contributed by atoms with Crippen molar-refractivity contribution in [3.63, 3.8) is 0 Å². The Kier molecular flexibility index (Phi) is 1.94. The van der Waals surface area contributed by atoms with Gasteiger partial charge in [-0.2, -0.15) is 4.57 Å². The first-order chi connectivity index (χ1) is 10.2. The van der Waals surface area contributed by atoms with Crippen molar-refractivity contribution in [3.8, 4) is 17.1 Å². The molecule has 3 heterocycles. The zero-order valence-corrected chi connectivity index (χ0v) is 12.2. The van der Waals surface area contributed by atoms with E-state index in [9.17, 15) is 0 Å². The van der Waals surface area contributed by atoms with Gasteiger partial charge in [-0.25, -0.2) is 9.55 Å². The fourth-order valence-electron chi connectivity index (χ4n) is 3.91. The van der Waals surface area contributed by atoms with Crippen molar-refractivity contribution in [2.24, 2.45) is 7.05 Å². The van der Waals surface area contributed by atoms with E-state index in [4.69, 9.17) is 4.98 Å². The van der Waals surface area contributed by atoms with Gasteiger partial charge in [0, 0.05) is 12.0 Å². The summed E-state index contributed by atoms with van der Waals surface area (Å²) in [6, 6.07) is 10.9. The topological polar surface area (TPSA) is 21.7 Å². The van der Waals surface area contributed by atoms with Crippen LogP contribution in [0.15, 0.2) is 36.5 Å². The summed E-state index contributed by atoms with van der Waals surface area (Å²) in [6.45, 7) is 2.20. The van der Waals surface area contributed by atoms with Crippen LogP contribution in [0.1, 0.15) is 28.2 Å². The first-order valence-electron chi connectivity index (χ1n) is 7.41. The van der Waals surface area contributed by atoms with Gasteiger partial charge in [-0.05, 0) is 30.2 Å². The molecule has 0 atom stereocenters. The van der Waals surface area contributed by atoms with Gasteiger partial charge in [-0.1, -0.05) is 18.2 Å². The van der Waals surface area contributed by atoms with E-state index in [-0.39, 0.29) is 0 Å². The number of fused-ring (bicyclic) bond motifs is 7. The molecule has 102 valence electrons. The molecule has 0 amide bonds. The van der Waals surface area contributed by atoms with E-state index < -0.39 is 0 Å². The lowest BCUT2D eigenvalue weighted by Gasteiger charge is -2.06. The van der Waals surface area contributed by atoms with E-state index in [1.165, 1.54) is 45.3 Å². The summed E-state index contributed by atoms with van der Waals surface area (Å²) < 4.78 is 4.59. The maximum absolute atomic E-state index is 4.93.